The zero-order valence-corrected chi connectivity index (χ0v) is 10.5. The average Bonchev–Trinajstić information content (AvgIpc) is 2.13. The van der Waals surface area contributed by atoms with E-state index in [1.807, 2.05) is 0 Å². The lowest BCUT2D eigenvalue weighted by Crippen LogP contribution is -2.24. The summed E-state index contributed by atoms with van der Waals surface area (Å²) < 4.78 is 5.12. The minimum absolute atomic E-state index is 0.0432. The van der Waals surface area contributed by atoms with Crippen LogP contribution < -0.4 is 0 Å². The number of hydrogen-bond acceptors (Lipinski definition) is 3. The number of rotatable bonds is 2. The topological polar surface area (TPSA) is 63.6 Å². The van der Waals surface area contributed by atoms with Crippen LogP contribution in [-0.4, -0.2) is 22.6 Å². The normalized spacial score (nSPS) is 11.1. The molecule has 0 fully saturated rings. The highest BCUT2D eigenvalue weighted by Crippen LogP contribution is 2.18. The standard InChI is InChI=1S/C12H13ClO4/c1-12(2,3)17-11(16)8-4-7(10(14)15)5-9(13)6-8/h4-6H,1-3H3,(H,14,15). The van der Waals surface area contributed by atoms with Gasteiger partial charge in [0.05, 0.1) is 11.1 Å². The second kappa shape index (κ2) is 4.75. The Labute approximate surface area is 104 Å². The number of carboxylic acid groups (broad SMARTS) is 1. The maximum absolute atomic E-state index is 11.7. The SMILES string of the molecule is CC(C)(C)OC(=O)c1cc(Cl)cc(C(=O)O)c1. The summed E-state index contributed by atoms with van der Waals surface area (Å²) in [5.41, 5.74) is -0.550. The molecule has 0 aromatic heterocycles. The molecule has 0 bridgehead atoms. The Balaban J connectivity index is 3.06. The summed E-state index contributed by atoms with van der Waals surface area (Å²) in [6, 6.07) is 3.89. The van der Waals surface area contributed by atoms with E-state index >= 15 is 0 Å². The van der Waals surface area contributed by atoms with Gasteiger partial charge in [-0.15, -0.1) is 0 Å². The summed E-state index contributed by atoms with van der Waals surface area (Å²) in [5.74, 6) is -1.74. The van der Waals surface area contributed by atoms with Crippen molar-refractivity contribution < 1.29 is 19.4 Å². The molecular weight excluding hydrogens is 244 g/mol. The Morgan fingerprint density at radius 1 is 1.18 bits per heavy atom. The van der Waals surface area contributed by atoms with Crippen molar-refractivity contribution in [2.75, 3.05) is 0 Å². The zero-order chi connectivity index (χ0) is 13.2. The maximum atomic E-state index is 11.7. The van der Waals surface area contributed by atoms with E-state index in [-0.39, 0.29) is 16.1 Å². The fraction of sp³-hybridized carbons (Fsp3) is 0.333. The quantitative estimate of drug-likeness (QED) is 0.826. The molecular formula is C12H13ClO4. The summed E-state index contributed by atoms with van der Waals surface area (Å²) in [6.07, 6.45) is 0. The van der Waals surface area contributed by atoms with Gasteiger partial charge in [0.1, 0.15) is 5.60 Å². The summed E-state index contributed by atoms with van der Waals surface area (Å²) in [4.78, 5) is 22.5. The van der Waals surface area contributed by atoms with Crippen molar-refractivity contribution in [1.29, 1.82) is 0 Å². The first-order valence-corrected chi connectivity index (χ1v) is 5.34. The fourth-order valence-corrected chi connectivity index (χ4v) is 1.40. The largest absolute Gasteiger partial charge is 0.478 e. The highest BCUT2D eigenvalue weighted by molar-refractivity contribution is 6.31. The predicted molar refractivity (Wildman–Crippen MR) is 63.6 cm³/mol. The molecule has 0 aliphatic heterocycles. The van der Waals surface area contributed by atoms with Crippen LogP contribution in [0.3, 0.4) is 0 Å². The van der Waals surface area contributed by atoms with Crippen LogP contribution in [0.15, 0.2) is 18.2 Å². The van der Waals surface area contributed by atoms with Gasteiger partial charge in [0.25, 0.3) is 0 Å². The first-order valence-electron chi connectivity index (χ1n) is 4.96. The molecule has 0 aliphatic carbocycles. The maximum Gasteiger partial charge on any atom is 0.338 e. The van der Waals surface area contributed by atoms with E-state index in [1.165, 1.54) is 18.2 Å². The molecule has 0 spiro atoms. The van der Waals surface area contributed by atoms with E-state index in [1.54, 1.807) is 20.8 Å². The molecule has 1 N–H and O–H groups in total. The number of halogens is 1. The highest BCUT2D eigenvalue weighted by Gasteiger charge is 2.19. The number of aromatic carboxylic acids is 1. The Kier molecular flexibility index (Phi) is 3.78. The Hall–Kier alpha value is -1.55. The molecule has 0 saturated carbocycles. The van der Waals surface area contributed by atoms with Gasteiger partial charge >= 0.3 is 11.9 Å². The predicted octanol–water partition coefficient (Wildman–Crippen LogP) is 2.99. The minimum Gasteiger partial charge on any atom is -0.478 e. The van der Waals surface area contributed by atoms with E-state index in [9.17, 15) is 9.59 Å². The number of ether oxygens (including phenoxy) is 1. The van der Waals surface area contributed by atoms with Gasteiger partial charge in [0.2, 0.25) is 0 Å². The van der Waals surface area contributed by atoms with Crippen molar-refractivity contribution in [3.63, 3.8) is 0 Å². The van der Waals surface area contributed by atoms with Crippen LogP contribution in [0.1, 0.15) is 41.5 Å². The van der Waals surface area contributed by atoms with Crippen molar-refractivity contribution >= 4 is 23.5 Å². The van der Waals surface area contributed by atoms with Gasteiger partial charge < -0.3 is 9.84 Å². The molecule has 0 atom stereocenters. The third-order valence-corrected chi connectivity index (χ3v) is 2.00. The van der Waals surface area contributed by atoms with Gasteiger partial charge in [-0.3, -0.25) is 0 Å². The van der Waals surface area contributed by atoms with Crippen LogP contribution in [0, 0.1) is 0 Å². The molecule has 0 unspecified atom stereocenters. The molecule has 0 radical (unpaired) electrons. The van der Waals surface area contributed by atoms with Crippen molar-refractivity contribution in [2.45, 2.75) is 26.4 Å². The summed E-state index contributed by atoms with van der Waals surface area (Å²) in [7, 11) is 0. The van der Waals surface area contributed by atoms with E-state index in [4.69, 9.17) is 21.4 Å². The lowest BCUT2D eigenvalue weighted by Gasteiger charge is -2.19. The van der Waals surface area contributed by atoms with Crippen LogP contribution in [0.5, 0.6) is 0 Å². The molecule has 4 nitrogen and oxygen atoms in total. The number of carboxylic acids is 1. The molecule has 1 aromatic carbocycles. The van der Waals surface area contributed by atoms with Gasteiger partial charge in [0, 0.05) is 5.02 Å². The van der Waals surface area contributed by atoms with Crippen molar-refractivity contribution in [3.8, 4) is 0 Å². The van der Waals surface area contributed by atoms with Gasteiger partial charge in [-0.1, -0.05) is 11.6 Å². The minimum atomic E-state index is -1.14. The molecule has 92 valence electrons. The van der Waals surface area contributed by atoms with E-state index in [2.05, 4.69) is 0 Å². The van der Waals surface area contributed by atoms with Crippen LogP contribution in [0.2, 0.25) is 5.02 Å². The first-order chi connectivity index (χ1) is 7.69. The van der Waals surface area contributed by atoms with Gasteiger partial charge in [-0.25, -0.2) is 9.59 Å². The summed E-state index contributed by atoms with van der Waals surface area (Å²) >= 11 is 5.74. The van der Waals surface area contributed by atoms with Crippen molar-refractivity contribution in [2.24, 2.45) is 0 Å². The van der Waals surface area contributed by atoms with E-state index in [0.29, 0.717) is 0 Å². The van der Waals surface area contributed by atoms with Crippen LogP contribution >= 0.6 is 11.6 Å². The van der Waals surface area contributed by atoms with Gasteiger partial charge in [-0.2, -0.15) is 0 Å². The third-order valence-electron chi connectivity index (χ3n) is 1.78. The fourth-order valence-electron chi connectivity index (χ4n) is 1.17. The lowest BCUT2D eigenvalue weighted by atomic mass is 10.1. The molecule has 0 heterocycles. The van der Waals surface area contributed by atoms with Crippen LogP contribution in [0.25, 0.3) is 0 Å². The summed E-state index contributed by atoms with van der Waals surface area (Å²) in [6.45, 7) is 5.19. The molecule has 0 aliphatic rings. The smallest absolute Gasteiger partial charge is 0.338 e. The molecule has 1 rings (SSSR count). The number of carbonyl (C=O) groups excluding carboxylic acids is 1. The number of benzene rings is 1. The first kappa shape index (κ1) is 13.5. The monoisotopic (exact) mass is 256 g/mol. The third kappa shape index (κ3) is 4.07. The van der Waals surface area contributed by atoms with Crippen molar-refractivity contribution in [1.82, 2.24) is 0 Å². The number of hydrogen-bond donors (Lipinski definition) is 1. The van der Waals surface area contributed by atoms with E-state index in [0.717, 1.165) is 0 Å². The van der Waals surface area contributed by atoms with Gasteiger partial charge in [0.15, 0.2) is 0 Å². The highest BCUT2D eigenvalue weighted by atomic mass is 35.5. The van der Waals surface area contributed by atoms with Crippen molar-refractivity contribution in [3.05, 3.63) is 34.3 Å². The number of esters is 1. The molecule has 1 aromatic rings. The second-order valence-corrected chi connectivity index (χ2v) is 4.97. The second-order valence-electron chi connectivity index (χ2n) is 4.54. The van der Waals surface area contributed by atoms with Crippen LogP contribution in [-0.2, 0) is 4.74 Å². The van der Waals surface area contributed by atoms with E-state index < -0.39 is 17.5 Å². The zero-order valence-electron chi connectivity index (χ0n) is 9.78. The Bertz CT molecular complexity index is 460. The molecule has 17 heavy (non-hydrogen) atoms. The summed E-state index contributed by atoms with van der Waals surface area (Å²) in [5, 5.41) is 9.02. The van der Waals surface area contributed by atoms with Crippen LogP contribution in [0.4, 0.5) is 0 Å². The molecule has 0 amide bonds. The Morgan fingerprint density at radius 2 is 1.71 bits per heavy atom. The Morgan fingerprint density at radius 3 is 2.18 bits per heavy atom. The van der Waals surface area contributed by atoms with Gasteiger partial charge in [-0.05, 0) is 39.0 Å². The molecule has 0 saturated heterocycles. The number of carbonyl (C=O) groups is 2. The average molecular weight is 257 g/mol. The molecule has 5 heteroatoms. The lowest BCUT2D eigenvalue weighted by molar-refractivity contribution is 0.00695.